The number of rotatable bonds is 10. The highest BCUT2D eigenvalue weighted by Crippen LogP contribution is 2.37. The van der Waals surface area contributed by atoms with Crippen LogP contribution in [0.5, 0.6) is 11.5 Å². The van der Waals surface area contributed by atoms with Crippen LogP contribution >= 0.6 is 0 Å². The quantitative estimate of drug-likeness (QED) is 0.227. The number of fused-ring (bicyclic) bond motifs is 1. The van der Waals surface area contributed by atoms with E-state index in [9.17, 15) is 18.8 Å². The number of ether oxygens (including phenoxy) is 2. The minimum atomic E-state index is -1.72. The van der Waals surface area contributed by atoms with Crippen molar-refractivity contribution >= 4 is 46.1 Å². The third-order valence-corrected chi connectivity index (χ3v) is 6.78. The van der Waals surface area contributed by atoms with Crippen LogP contribution in [0.4, 0.5) is 30.8 Å². The third-order valence-electron chi connectivity index (χ3n) is 6.78. The Kier molecular flexibility index (Phi) is 8.31. The first-order valence-corrected chi connectivity index (χ1v) is 13.6. The Balaban J connectivity index is 1.50. The van der Waals surface area contributed by atoms with E-state index in [-0.39, 0.29) is 28.9 Å². The zero-order valence-electron chi connectivity index (χ0n) is 24.2. The number of nitrogens with two attached hydrogens (primary N) is 1. The highest BCUT2D eigenvalue weighted by atomic mass is 19.1. The van der Waals surface area contributed by atoms with E-state index in [1.54, 1.807) is 27.0 Å². The first-order valence-electron chi connectivity index (χ1n) is 13.6. The molecule has 2 atom stereocenters. The zero-order valence-corrected chi connectivity index (χ0v) is 24.2. The smallest absolute Gasteiger partial charge is 0.350 e. The molecule has 4 amide bonds. The van der Waals surface area contributed by atoms with E-state index < -0.39 is 41.6 Å². The molecule has 1 unspecified atom stereocenters. The summed E-state index contributed by atoms with van der Waals surface area (Å²) in [4.78, 5) is 44.9. The molecule has 4 N–H and O–H groups in total. The second-order valence-corrected chi connectivity index (χ2v) is 10.3. The maximum atomic E-state index is 15.7. The zero-order chi connectivity index (χ0) is 31.7. The standard InChI is InChI=1S/C29H30F2N8O5/c1-15(2)38-29(42)37(18-7-5-17(30)6-8-18)28(41)24(25(32)40)39(38)19-9-10-21(20(31)13-19)44-22-11-12-33-26-23(22)27(36-35-26)34-16(3)14-43-4/h5-13,15-16,24H,14H2,1-4H3,(H2,32,40)(H2,33,34,35,36)/t16?,24-/m0/s1. The molecule has 0 saturated carbocycles. The fourth-order valence-corrected chi connectivity index (χ4v) is 4.92. The van der Waals surface area contributed by atoms with Gasteiger partial charge in [0.05, 0.1) is 18.0 Å². The van der Waals surface area contributed by atoms with Gasteiger partial charge in [-0.3, -0.25) is 19.7 Å². The second kappa shape index (κ2) is 12.1. The number of primary amides is 1. The van der Waals surface area contributed by atoms with Gasteiger partial charge in [0.1, 0.15) is 17.0 Å². The third kappa shape index (κ3) is 5.56. The van der Waals surface area contributed by atoms with Gasteiger partial charge < -0.3 is 20.5 Å². The Morgan fingerprint density at radius 2 is 1.77 bits per heavy atom. The van der Waals surface area contributed by atoms with E-state index in [2.05, 4.69) is 20.5 Å². The number of nitrogens with zero attached hydrogens (tertiary/aromatic N) is 5. The summed E-state index contributed by atoms with van der Waals surface area (Å²) in [6.07, 6.45) is 1.47. The van der Waals surface area contributed by atoms with Gasteiger partial charge in [0.15, 0.2) is 23.0 Å². The monoisotopic (exact) mass is 608 g/mol. The molecule has 1 saturated heterocycles. The Bertz CT molecular complexity index is 1710. The molecule has 0 aliphatic carbocycles. The van der Waals surface area contributed by atoms with Gasteiger partial charge in [0.2, 0.25) is 6.04 Å². The van der Waals surface area contributed by atoms with Crippen LogP contribution in [0.1, 0.15) is 20.8 Å². The molecule has 5 rings (SSSR count). The number of anilines is 3. The number of halogens is 2. The Labute approximate surface area is 250 Å². The molecule has 3 heterocycles. The number of carbonyl (C=O) groups is 3. The number of hydrogen-bond acceptors (Lipinski definition) is 9. The first-order chi connectivity index (χ1) is 21.0. The van der Waals surface area contributed by atoms with Crippen molar-refractivity contribution in [2.75, 3.05) is 28.9 Å². The highest BCUT2D eigenvalue weighted by Gasteiger charge is 2.49. The summed E-state index contributed by atoms with van der Waals surface area (Å²) in [6, 6.07) is 6.62. The summed E-state index contributed by atoms with van der Waals surface area (Å²) < 4.78 is 40.4. The van der Waals surface area contributed by atoms with Crippen LogP contribution in [-0.4, -0.2) is 69.9 Å². The Morgan fingerprint density at radius 1 is 1.07 bits per heavy atom. The van der Waals surface area contributed by atoms with Crippen LogP contribution < -0.4 is 25.7 Å². The van der Waals surface area contributed by atoms with Crippen molar-refractivity contribution in [3.05, 3.63) is 66.4 Å². The molecule has 230 valence electrons. The molecular formula is C29H30F2N8O5. The summed E-state index contributed by atoms with van der Waals surface area (Å²) >= 11 is 0. The van der Waals surface area contributed by atoms with Crippen molar-refractivity contribution < 1.29 is 32.6 Å². The van der Waals surface area contributed by atoms with Crippen LogP contribution in [0.3, 0.4) is 0 Å². The van der Waals surface area contributed by atoms with Crippen molar-refractivity contribution in [2.24, 2.45) is 5.73 Å². The number of imide groups is 1. The number of aromatic nitrogens is 3. The lowest BCUT2D eigenvalue weighted by Gasteiger charge is -2.48. The number of hydrazine groups is 1. The van der Waals surface area contributed by atoms with E-state index in [0.29, 0.717) is 23.5 Å². The Morgan fingerprint density at radius 3 is 2.41 bits per heavy atom. The van der Waals surface area contributed by atoms with Crippen molar-refractivity contribution in [2.45, 2.75) is 38.9 Å². The van der Waals surface area contributed by atoms with Gasteiger partial charge in [-0.15, -0.1) is 0 Å². The van der Waals surface area contributed by atoms with Crippen molar-refractivity contribution in [1.29, 1.82) is 0 Å². The molecule has 15 heteroatoms. The van der Waals surface area contributed by atoms with E-state index in [0.717, 1.165) is 33.1 Å². The van der Waals surface area contributed by atoms with Gasteiger partial charge in [0.25, 0.3) is 11.8 Å². The molecular weight excluding hydrogens is 578 g/mol. The molecule has 0 bridgehead atoms. The lowest BCUT2D eigenvalue weighted by atomic mass is 10.1. The summed E-state index contributed by atoms with van der Waals surface area (Å²) in [5.41, 5.74) is 6.10. The average Bonchev–Trinajstić information content (AvgIpc) is 3.37. The molecule has 2 aromatic carbocycles. The first kappa shape index (κ1) is 30.2. The molecule has 0 radical (unpaired) electrons. The fourth-order valence-electron chi connectivity index (χ4n) is 4.92. The average molecular weight is 609 g/mol. The minimum Gasteiger partial charge on any atom is -0.453 e. The maximum Gasteiger partial charge on any atom is 0.350 e. The van der Waals surface area contributed by atoms with Crippen LogP contribution in [-0.2, 0) is 14.3 Å². The van der Waals surface area contributed by atoms with E-state index in [1.165, 1.54) is 30.5 Å². The normalized spacial score (nSPS) is 16.2. The van der Waals surface area contributed by atoms with Crippen LogP contribution in [0.2, 0.25) is 0 Å². The van der Waals surface area contributed by atoms with Crippen molar-refractivity contribution in [3.8, 4) is 11.5 Å². The molecule has 44 heavy (non-hydrogen) atoms. The summed E-state index contributed by atoms with van der Waals surface area (Å²) in [7, 11) is 1.58. The van der Waals surface area contributed by atoms with Gasteiger partial charge >= 0.3 is 6.03 Å². The van der Waals surface area contributed by atoms with E-state index in [1.807, 2.05) is 6.92 Å². The van der Waals surface area contributed by atoms with Gasteiger partial charge in [-0.25, -0.2) is 28.5 Å². The van der Waals surface area contributed by atoms with E-state index in [4.69, 9.17) is 15.2 Å². The predicted molar refractivity (Wildman–Crippen MR) is 157 cm³/mol. The molecule has 4 aromatic rings. The lowest BCUT2D eigenvalue weighted by Crippen LogP contribution is -2.72. The molecule has 0 spiro atoms. The molecule has 1 aliphatic heterocycles. The largest absolute Gasteiger partial charge is 0.453 e. The number of benzene rings is 2. The molecule has 2 aromatic heterocycles. The van der Waals surface area contributed by atoms with Crippen molar-refractivity contribution in [1.82, 2.24) is 20.2 Å². The summed E-state index contributed by atoms with van der Waals surface area (Å²) in [6.45, 7) is 5.60. The SMILES string of the molecule is COCC(C)Nc1n[nH]c2nccc(Oc3ccc(N4[C@@H](C(N)=O)C(=O)N(c5ccc(F)cc5)C(=O)N4C(C)C)cc3F)c12. The van der Waals surface area contributed by atoms with Gasteiger partial charge in [-0.2, -0.15) is 5.10 Å². The number of hydrogen-bond donors (Lipinski definition) is 3. The number of methoxy groups -OCH3 is 1. The predicted octanol–water partition coefficient (Wildman–Crippen LogP) is 3.93. The summed E-state index contributed by atoms with van der Waals surface area (Å²) in [5.74, 6) is -3.00. The summed E-state index contributed by atoms with van der Waals surface area (Å²) in [5, 5.41) is 12.9. The van der Waals surface area contributed by atoms with Gasteiger partial charge in [0, 0.05) is 37.5 Å². The van der Waals surface area contributed by atoms with Crippen LogP contribution in [0, 0.1) is 11.6 Å². The van der Waals surface area contributed by atoms with Gasteiger partial charge in [-0.1, -0.05) is 0 Å². The lowest BCUT2D eigenvalue weighted by molar-refractivity contribution is -0.130. The van der Waals surface area contributed by atoms with Crippen LogP contribution in [0.25, 0.3) is 11.0 Å². The topological polar surface area (TPSA) is 159 Å². The number of H-pyrrole nitrogens is 1. The number of nitrogens with one attached hydrogen (secondary N) is 2. The second-order valence-electron chi connectivity index (χ2n) is 10.3. The molecule has 13 nitrogen and oxygen atoms in total. The number of amides is 4. The van der Waals surface area contributed by atoms with E-state index >= 15 is 4.39 Å². The van der Waals surface area contributed by atoms with Crippen LogP contribution in [0.15, 0.2) is 54.7 Å². The molecule has 1 fully saturated rings. The van der Waals surface area contributed by atoms with Gasteiger partial charge in [-0.05, 0) is 57.2 Å². The highest BCUT2D eigenvalue weighted by molar-refractivity contribution is 6.25. The number of aromatic amines is 1. The number of pyridine rings is 1. The van der Waals surface area contributed by atoms with Crippen molar-refractivity contribution in [3.63, 3.8) is 0 Å². The minimum absolute atomic E-state index is 0.00765. The maximum absolute atomic E-state index is 15.7. The molecule has 1 aliphatic rings. The number of carbonyl (C=O) groups excluding carboxylic acids is 3. The fraction of sp³-hybridized carbons (Fsp3) is 0.276. The number of urea groups is 1. The Hall–Kier alpha value is -5.31.